The van der Waals surface area contributed by atoms with E-state index in [0.717, 1.165) is 22.5 Å². The maximum atomic E-state index is 4.88. The molecule has 0 saturated carbocycles. The van der Waals surface area contributed by atoms with Gasteiger partial charge in [0.15, 0.2) is 8.07 Å². The maximum absolute atomic E-state index is 4.88. The Morgan fingerprint density at radius 1 is 0.393 bits per heavy atom. The Labute approximate surface area is 329 Å². The van der Waals surface area contributed by atoms with E-state index in [1.165, 1.54) is 70.1 Å². The molecule has 56 heavy (non-hydrogen) atoms. The van der Waals surface area contributed by atoms with E-state index >= 15 is 0 Å². The van der Waals surface area contributed by atoms with Crippen LogP contribution in [0.25, 0.3) is 60.5 Å². The summed E-state index contributed by atoms with van der Waals surface area (Å²) in [6.45, 7) is 4.20. The molecule has 0 unspecified atom stereocenters. The third kappa shape index (κ3) is 5.43. The van der Waals surface area contributed by atoms with Gasteiger partial charge in [-0.2, -0.15) is 0 Å². The van der Waals surface area contributed by atoms with Crippen LogP contribution in [0.3, 0.4) is 0 Å². The number of benzene rings is 9. The summed E-state index contributed by atoms with van der Waals surface area (Å²) in [5.41, 5.74) is 9.44. The molecule has 0 fully saturated rings. The average Bonchev–Trinajstić information content (AvgIpc) is 3.59. The number of aryl methyl sites for hydroxylation is 2. The lowest BCUT2D eigenvalue weighted by Crippen LogP contribution is -2.74. The van der Waals surface area contributed by atoms with Gasteiger partial charge in [-0.1, -0.05) is 182 Å². The van der Waals surface area contributed by atoms with E-state index in [1.54, 1.807) is 0 Å². The fourth-order valence-corrected chi connectivity index (χ4v) is 13.9. The van der Waals surface area contributed by atoms with Crippen molar-refractivity contribution in [1.29, 1.82) is 0 Å². The van der Waals surface area contributed by atoms with Crippen molar-refractivity contribution in [2.45, 2.75) is 13.8 Å². The summed E-state index contributed by atoms with van der Waals surface area (Å²) in [6.07, 6.45) is 0. The number of aromatic nitrogens is 2. The number of fused-ring (bicyclic) bond motifs is 3. The van der Waals surface area contributed by atoms with Gasteiger partial charge in [0.05, 0.1) is 11.0 Å². The highest BCUT2D eigenvalue weighted by molar-refractivity contribution is 7.19. The molecule has 10 rings (SSSR count). The zero-order chi connectivity index (χ0) is 37.6. The fraction of sp³-hybridized carbons (Fsp3) is 0.0377. The van der Waals surface area contributed by atoms with Crippen molar-refractivity contribution >= 4 is 61.4 Å². The summed E-state index contributed by atoms with van der Waals surface area (Å²) in [5, 5.41) is 10.5. The van der Waals surface area contributed by atoms with Gasteiger partial charge >= 0.3 is 0 Å². The number of imidazole rings is 1. The molecule has 0 amide bonds. The van der Waals surface area contributed by atoms with Crippen LogP contribution >= 0.6 is 0 Å². The summed E-state index contributed by atoms with van der Waals surface area (Å²) in [5.74, 6) is 0.987. The van der Waals surface area contributed by atoms with Crippen LogP contribution in [0.1, 0.15) is 11.4 Å². The first-order valence-electron chi connectivity index (χ1n) is 19.4. The number of hydrogen-bond donors (Lipinski definition) is 0. The largest absolute Gasteiger partial charge is 0.297 e. The molecule has 1 aromatic heterocycles. The van der Waals surface area contributed by atoms with Crippen molar-refractivity contribution in [1.82, 2.24) is 9.55 Å². The van der Waals surface area contributed by atoms with Crippen molar-refractivity contribution in [2.75, 3.05) is 0 Å². The molecule has 9 aromatic carbocycles. The molecule has 0 aliphatic carbocycles. The smallest absolute Gasteiger partial charge is 0.179 e. The lowest BCUT2D eigenvalue weighted by Gasteiger charge is -2.34. The minimum atomic E-state index is -2.64. The second-order valence-corrected chi connectivity index (χ2v) is 18.6. The van der Waals surface area contributed by atoms with E-state index in [1.807, 2.05) is 0 Å². The second kappa shape index (κ2) is 13.8. The first-order chi connectivity index (χ1) is 27.6. The third-order valence-corrected chi connectivity index (χ3v) is 16.3. The van der Waals surface area contributed by atoms with Crippen molar-refractivity contribution in [3.8, 4) is 27.9 Å². The van der Waals surface area contributed by atoms with E-state index in [2.05, 4.69) is 225 Å². The number of nitrogens with zero attached hydrogens (tertiary/aromatic N) is 2. The predicted molar refractivity (Wildman–Crippen MR) is 240 cm³/mol. The lowest BCUT2D eigenvalue weighted by atomic mass is 9.86. The second-order valence-electron chi connectivity index (χ2n) is 14.8. The van der Waals surface area contributed by atoms with Crippen molar-refractivity contribution in [2.24, 2.45) is 0 Å². The summed E-state index contributed by atoms with van der Waals surface area (Å²) >= 11 is 0. The van der Waals surface area contributed by atoms with Crippen LogP contribution in [0.2, 0.25) is 0 Å². The van der Waals surface area contributed by atoms with Gasteiger partial charge in [0.1, 0.15) is 5.82 Å². The highest BCUT2D eigenvalue weighted by atomic mass is 28.3. The first kappa shape index (κ1) is 33.7. The summed E-state index contributed by atoms with van der Waals surface area (Å²) in [6, 6.07) is 76.4. The zero-order valence-corrected chi connectivity index (χ0v) is 32.5. The topological polar surface area (TPSA) is 17.8 Å². The molecule has 0 aliphatic heterocycles. The lowest BCUT2D eigenvalue weighted by molar-refractivity contribution is 1.00. The van der Waals surface area contributed by atoms with E-state index in [0.29, 0.717) is 0 Å². The Morgan fingerprint density at radius 2 is 0.786 bits per heavy atom. The molecule has 0 aliphatic rings. The molecule has 0 bridgehead atoms. The molecule has 266 valence electrons. The van der Waals surface area contributed by atoms with Gasteiger partial charge in [-0.05, 0) is 108 Å². The Hall–Kier alpha value is -6.81. The highest BCUT2D eigenvalue weighted by Crippen LogP contribution is 2.43. The normalized spacial score (nSPS) is 11.8. The minimum Gasteiger partial charge on any atom is -0.297 e. The zero-order valence-electron chi connectivity index (χ0n) is 31.5. The van der Waals surface area contributed by atoms with E-state index in [9.17, 15) is 0 Å². The Balaban J connectivity index is 1.14. The van der Waals surface area contributed by atoms with E-state index in [-0.39, 0.29) is 0 Å². The molecule has 1 heterocycles. The van der Waals surface area contributed by atoms with Gasteiger partial charge in [0, 0.05) is 5.69 Å². The quantitative estimate of drug-likeness (QED) is 0.0906. The standard InChI is InChI=1S/C53H40N2Si/c1-37-26-35-51-50(36-37)54-38(2)55(51)41-31-27-39(28-32-41)52-46-22-12-14-24-48(46)53(49-25-15-13-23-47(49)52)40-29-33-45(34-30-40)56(42-16-6-3-7-17-42,43-18-8-4-9-19-43)44-20-10-5-11-21-44/h3-36H,1-2H3. The number of rotatable bonds is 7. The third-order valence-electron chi connectivity index (χ3n) is 11.6. The number of hydrogen-bond acceptors (Lipinski definition) is 1. The molecule has 0 saturated heterocycles. The van der Waals surface area contributed by atoms with Crippen LogP contribution in [-0.4, -0.2) is 17.6 Å². The Bertz CT molecular complexity index is 2850. The Morgan fingerprint density at radius 3 is 1.23 bits per heavy atom. The van der Waals surface area contributed by atoms with Crippen LogP contribution in [0.15, 0.2) is 206 Å². The molecule has 0 atom stereocenters. The molecular formula is C53H40N2Si. The molecule has 10 aromatic rings. The molecular weight excluding hydrogens is 693 g/mol. The predicted octanol–water partition coefficient (Wildman–Crippen LogP) is 10.7. The van der Waals surface area contributed by atoms with Gasteiger partial charge in [-0.15, -0.1) is 0 Å². The summed E-state index contributed by atoms with van der Waals surface area (Å²) < 4.78 is 2.26. The summed E-state index contributed by atoms with van der Waals surface area (Å²) in [7, 11) is -2.64. The van der Waals surface area contributed by atoms with Gasteiger partial charge in [-0.25, -0.2) is 4.98 Å². The van der Waals surface area contributed by atoms with E-state index in [4.69, 9.17) is 4.98 Å². The van der Waals surface area contributed by atoms with Crippen LogP contribution in [0.4, 0.5) is 0 Å². The van der Waals surface area contributed by atoms with E-state index < -0.39 is 8.07 Å². The van der Waals surface area contributed by atoms with Crippen LogP contribution in [0.5, 0.6) is 0 Å². The van der Waals surface area contributed by atoms with Gasteiger partial charge in [0.25, 0.3) is 0 Å². The van der Waals surface area contributed by atoms with Crippen LogP contribution in [-0.2, 0) is 0 Å². The Kier molecular flexibility index (Phi) is 8.31. The van der Waals surface area contributed by atoms with Gasteiger partial charge < -0.3 is 0 Å². The van der Waals surface area contributed by atoms with Crippen LogP contribution < -0.4 is 20.7 Å². The average molecular weight is 733 g/mol. The first-order valence-corrected chi connectivity index (χ1v) is 21.4. The molecule has 3 heteroatoms. The van der Waals surface area contributed by atoms with Gasteiger partial charge in [-0.3, -0.25) is 4.57 Å². The molecule has 0 radical (unpaired) electrons. The summed E-state index contributed by atoms with van der Waals surface area (Å²) in [4.78, 5) is 4.88. The molecule has 2 nitrogen and oxygen atoms in total. The monoisotopic (exact) mass is 732 g/mol. The molecule has 0 spiro atoms. The highest BCUT2D eigenvalue weighted by Gasteiger charge is 2.41. The van der Waals surface area contributed by atoms with Gasteiger partial charge in [0.2, 0.25) is 0 Å². The fourth-order valence-electron chi connectivity index (χ4n) is 9.12. The van der Waals surface area contributed by atoms with Crippen LogP contribution in [0, 0.1) is 13.8 Å². The SMILES string of the molecule is Cc1ccc2c(c1)nc(C)n2-c1ccc(-c2c3ccccc3c(-c3ccc([Si](c4ccccc4)(c4ccccc4)c4ccccc4)cc3)c3ccccc23)cc1. The van der Waals surface area contributed by atoms with Crippen molar-refractivity contribution in [3.63, 3.8) is 0 Å². The maximum Gasteiger partial charge on any atom is 0.179 e. The minimum absolute atomic E-state index is 0.987. The molecule has 0 N–H and O–H groups in total. The van der Waals surface area contributed by atoms with Crippen molar-refractivity contribution in [3.05, 3.63) is 218 Å². The van der Waals surface area contributed by atoms with Crippen molar-refractivity contribution < 1.29 is 0 Å².